The number of carbonyl (C=O) groups is 1. The zero-order chi connectivity index (χ0) is 13.4. The fraction of sp³-hybridized carbons (Fsp3) is 0.429. The molecule has 1 aromatic rings. The van der Waals surface area contributed by atoms with Crippen LogP contribution >= 0.6 is 0 Å². The van der Waals surface area contributed by atoms with E-state index in [9.17, 15) is 9.18 Å². The molecule has 0 spiro atoms. The third kappa shape index (κ3) is 2.45. The zero-order valence-electron chi connectivity index (χ0n) is 10.7. The van der Waals surface area contributed by atoms with E-state index in [1.54, 1.807) is 24.0 Å². The summed E-state index contributed by atoms with van der Waals surface area (Å²) in [6.07, 6.45) is 1.49. The molecule has 1 atom stereocenters. The molecule has 0 N–H and O–H groups in total. The Hall–Kier alpha value is -1.91. The minimum absolute atomic E-state index is 0.110. The topological polar surface area (TPSA) is 41.9 Å². The number of hydrogen-bond donors (Lipinski definition) is 0. The van der Waals surface area contributed by atoms with E-state index in [1.807, 2.05) is 0 Å². The van der Waals surface area contributed by atoms with E-state index in [0.717, 1.165) is 18.4 Å². The number of nitrogens with zero attached hydrogens (tertiary/aromatic N) is 2. The number of carbonyl (C=O) groups excluding carboxylic acids is 1. The Bertz CT molecular complexity index is 540. The highest BCUT2D eigenvalue weighted by molar-refractivity contribution is 6.02. The van der Waals surface area contributed by atoms with Gasteiger partial charge in [-0.3, -0.25) is 9.69 Å². The van der Waals surface area contributed by atoms with Crippen molar-refractivity contribution < 1.29 is 14.0 Å². The lowest BCUT2D eigenvalue weighted by Gasteiger charge is -2.30. The highest BCUT2D eigenvalue weighted by atomic mass is 19.1. The van der Waals surface area contributed by atoms with Crippen LogP contribution in [-0.2, 0) is 16.2 Å². The van der Waals surface area contributed by atoms with E-state index < -0.39 is 6.10 Å². The lowest BCUT2D eigenvalue weighted by atomic mass is 10.1. The van der Waals surface area contributed by atoms with Crippen LogP contribution in [0.3, 0.4) is 0 Å². The number of halogens is 1. The number of hydrogen-bond acceptors (Lipinski definition) is 3. The maximum absolute atomic E-state index is 13.2. The van der Waals surface area contributed by atoms with Gasteiger partial charge in [-0.1, -0.05) is 17.3 Å². The van der Waals surface area contributed by atoms with Gasteiger partial charge in [-0.2, -0.15) is 0 Å². The monoisotopic (exact) mass is 262 g/mol. The lowest BCUT2D eigenvalue weighted by molar-refractivity contribution is -0.142. The highest BCUT2D eigenvalue weighted by Gasteiger charge is 2.39. The number of oxime groups is 1. The van der Waals surface area contributed by atoms with Crippen LogP contribution in [0.5, 0.6) is 0 Å². The Balaban J connectivity index is 1.85. The van der Waals surface area contributed by atoms with E-state index in [-0.39, 0.29) is 11.7 Å². The molecular formula is C14H15FN2O2. The summed E-state index contributed by atoms with van der Waals surface area (Å²) in [6, 6.07) is 6.29. The third-order valence-corrected chi connectivity index (χ3v) is 3.37. The first-order valence-corrected chi connectivity index (χ1v) is 6.44. The fourth-order valence-electron chi connectivity index (χ4n) is 2.17. The third-order valence-electron chi connectivity index (χ3n) is 3.37. The maximum Gasteiger partial charge on any atom is 0.271 e. The molecule has 1 unspecified atom stereocenters. The first-order chi connectivity index (χ1) is 9.15. The normalized spacial score (nSPS) is 23.1. The largest absolute Gasteiger partial charge is 0.381 e. The van der Waals surface area contributed by atoms with E-state index in [2.05, 4.69) is 5.16 Å². The highest BCUT2D eigenvalue weighted by Crippen LogP contribution is 2.34. The van der Waals surface area contributed by atoms with Crippen LogP contribution in [0, 0.1) is 11.7 Å². The molecule has 0 bridgehead atoms. The molecule has 1 aliphatic heterocycles. The second-order valence-electron chi connectivity index (χ2n) is 5.03. The second-order valence-corrected chi connectivity index (χ2v) is 5.03. The van der Waals surface area contributed by atoms with Gasteiger partial charge < -0.3 is 4.84 Å². The SMILES string of the molecule is CC1ON=C(C2CC2)N(Cc2cccc(F)c2)C1=O. The summed E-state index contributed by atoms with van der Waals surface area (Å²) in [4.78, 5) is 18.9. The fourth-order valence-corrected chi connectivity index (χ4v) is 2.17. The van der Waals surface area contributed by atoms with E-state index in [4.69, 9.17) is 4.84 Å². The van der Waals surface area contributed by atoms with Gasteiger partial charge in [0.2, 0.25) is 6.10 Å². The summed E-state index contributed by atoms with van der Waals surface area (Å²) in [6.45, 7) is 2.02. The molecule has 1 fully saturated rings. The molecule has 0 saturated heterocycles. The number of benzene rings is 1. The summed E-state index contributed by atoms with van der Waals surface area (Å²) >= 11 is 0. The Morgan fingerprint density at radius 3 is 2.95 bits per heavy atom. The van der Waals surface area contributed by atoms with Crippen molar-refractivity contribution in [1.82, 2.24) is 4.90 Å². The molecular weight excluding hydrogens is 247 g/mol. The Kier molecular flexibility index (Phi) is 2.97. The number of rotatable bonds is 3. The molecule has 2 aliphatic rings. The van der Waals surface area contributed by atoms with Gasteiger partial charge in [0, 0.05) is 5.92 Å². The van der Waals surface area contributed by atoms with Crippen molar-refractivity contribution in [3.05, 3.63) is 35.6 Å². The van der Waals surface area contributed by atoms with Gasteiger partial charge >= 0.3 is 0 Å². The van der Waals surface area contributed by atoms with Crippen molar-refractivity contribution in [2.24, 2.45) is 11.1 Å². The summed E-state index contributed by atoms with van der Waals surface area (Å²) in [5.74, 6) is 0.592. The molecule has 19 heavy (non-hydrogen) atoms. The van der Waals surface area contributed by atoms with E-state index in [1.165, 1.54) is 12.1 Å². The van der Waals surface area contributed by atoms with Crippen molar-refractivity contribution in [3.8, 4) is 0 Å². The van der Waals surface area contributed by atoms with Crippen molar-refractivity contribution in [1.29, 1.82) is 0 Å². The van der Waals surface area contributed by atoms with Crippen molar-refractivity contribution in [2.75, 3.05) is 0 Å². The van der Waals surface area contributed by atoms with Gasteiger partial charge in [0.05, 0.1) is 6.54 Å². The molecule has 1 saturated carbocycles. The van der Waals surface area contributed by atoms with Crippen LogP contribution in [0.4, 0.5) is 4.39 Å². The summed E-state index contributed by atoms with van der Waals surface area (Å²) in [5.41, 5.74) is 0.760. The predicted molar refractivity (Wildman–Crippen MR) is 67.7 cm³/mol. The Labute approximate surface area is 110 Å². The molecule has 0 radical (unpaired) electrons. The second kappa shape index (κ2) is 4.64. The van der Waals surface area contributed by atoms with Crippen molar-refractivity contribution >= 4 is 11.7 Å². The summed E-state index contributed by atoms with van der Waals surface area (Å²) < 4.78 is 13.2. The smallest absolute Gasteiger partial charge is 0.271 e. The lowest BCUT2D eigenvalue weighted by Crippen LogP contribution is -2.46. The van der Waals surface area contributed by atoms with Crippen LogP contribution in [0.2, 0.25) is 0 Å². The van der Waals surface area contributed by atoms with Gasteiger partial charge in [0.15, 0.2) is 5.84 Å². The minimum Gasteiger partial charge on any atom is -0.381 e. The summed E-state index contributed by atoms with van der Waals surface area (Å²) in [5, 5.41) is 4.05. The van der Waals surface area contributed by atoms with Gasteiger partial charge in [-0.15, -0.1) is 0 Å². The molecule has 4 nitrogen and oxygen atoms in total. The maximum atomic E-state index is 13.2. The minimum atomic E-state index is -0.573. The summed E-state index contributed by atoms with van der Waals surface area (Å²) in [7, 11) is 0. The Morgan fingerprint density at radius 1 is 1.47 bits per heavy atom. The van der Waals surface area contributed by atoms with Gasteiger partial charge in [-0.05, 0) is 37.5 Å². The molecule has 1 aromatic carbocycles. The molecule has 0 aromatic heterocycles. The molecule has 100 valence electrons. The Morgan fingerprint density at radius 2 is 2.26 bits per heavy atom. The molecule has 1 heterocycles. The average molecular weight is 262 g/mol. The first-order valence-electron chi connectivity index (χ1n) is 6.44. The molecule has 1 amide bonds. The van der Waals surface area contributed by atoms with Gasteiger partial charge in [-0.25, -0.2) is 4.39 Å². The molecule has 3 rings (SSSR count). The number of amides is 1. The molecule has 5 heteroatoms. The number of amidine groups is 1. The standard InChI is InChI=1S/C14H15FN2O2/c1-9-14(18)17(13(16-19-9)11-5-6-11)8-10-3-2-4-12(15)7-10/h2-4,7,9,11H,5-6,8H2,1H3. The van der Waals surface area contributed by atoms with Crippen LogP contribution < -0.4 is 0 Å². The van der Waals surface area contributed by atoms with Crippen LogP contribution in [-0.4, -0.2) is 22.7 Å². The van der Waals surface area contributed by atoms with Crippen molar-refractivity contribution in [3.63, 3.8) is 0 Å². The van der Waals surface area contributed by atoms with Gasteiger partial charge in [0.1, 0.15) is 5.82 Å². The van der Waals surface area contributed by atoms with Crippen LogP contribution in [0.25, 0.3) is 0 Å². The average Bonchev–Trinajstić information content (AvgIpc) is 3.20. The van der Waals surface area contributed by atoms with Crippen molar-refractivity contribution in [2.45, 2.75) is 32.4 Å². The predicted octanol–water partition coefficient (Wildman–Crippen LogP) is 2.30. The van der Waals surface area contributed by atoms with Gasteiger partial charge in [0.25, 0.3) is 5.91 Å². The quantitative estimate of drug-likeness (QED) is 0.838. The van der Waals surface area contributed by atoms with E-state index >= 15 is 0 Å². The van der Waals surface area contributed by atoms with E-state index in [0.29, 0.717) is 18.3 Å². The molecule has 1 aliphatic carbocycles. The first kappa shape index (κ1) is 12.1. The van der Waals surface area contributed by atoms with Crippen LogP contribution in [0.15, 0.2) is 29.4 Å². The van der Waals surface area contributed by atoms with Crippen LogP contribution in [0.1, 0.15) is 25.3 Å². The zero-order valence-corrected chi connectivity index (χ0v) is 10.7.